The van der Waals surface area contributed by atoms with Gasteiger partial charge in [0.05, 0.1) is 55.9 Å². The highest BCUT2D eigenvalue weighted by Gasteiger charge is 2.26. The minimum Gasteiger partial charge on any atom is -0.478 e. The number of aromatic carboxylic acids is 2. The average Bonchev–Trinajstić information content (AvgIpc) is 2.67. The smallest absolute Gasteiger partial charge is 0.338 e. The van der Waals surface area contributed by atoms with Crippen LogP contribution in [0.1, 0.15) is 20.7 Å². The molecule has 28 heavy (non-hydrogen) atoms. The number of nitrogens with one attached hydrogen (secondary N) is 2. The van der Waals surface area contributed by atoms with Crippen molar-refractivity contribution in [2.75, 3.05) is 10.6 Å². The molecule has 8 nitrogen and oxygen atoms in total. The molecule has 0 spiro atoms. The van der Waals surface area contributed by atoms with Gasteiger partial charge in [0.15, 0.2) is 0 Å². The lowest BCUT2D eigenvalue weighted by molar-refractivity contribution is 0.0652. The summed E-state index contributed by atoms with van der Waals surface area (Å²) in [5, 5.41) is 25.1. The van der Waals surface area contributed by atoms with Gasteiger partial charge in [0, 0.05) is 0 Å². The third kappa shape index (κ3) is 2.32. The highest BCUT2D eigenvalue weighted by Crippen LogP contribution is 2.42. The van der Waals surface area contributed by atoms with Crippen LogP contribution in [0.25, 0.3) is 22.1 Å². The molecule has 0 bridgehead atoms. The molecule has 1 aromatic heterocycles. The van der Waals surface area contributed by atoms with Crippen molar-refractivity contribution in [1.82, 2.24) is 9.97 Å². The lowest BCUT2D eigenvalue weighted by Gasteiger charge is -2.25. The van der Waals surface area contributed by atoms with E-state index in [2.05, 4.69) is 20.6 Å². The number of anilines is 4. The molecule has 1 aliphatic rings. The molecule has 0 atom stereocenters. The number of carboxylic acids is 2. The van der Waals surface area contributed by atoms with Crippen LogP contribution in [0.15, 0.2) is 48.5 Å². The summed E-state index contributed by atoms with van der Waals surface area (Å²) in [6.45, 7) is 0. The van der Waals surface area contributed by atoms with Crippen LogP contribution in [0.3, 0.4) is 0 Å². The number of fused-ring (bicyclic) bond motifs is 4. The molecule has 0 saturated heterocycles. The predicted octanol–water partition coefficient (Wildman–Crippen LogP) is 3.98. The van der Waals surface area contributed by atoms with Crippen molar-refractivity contribution < 1.29 is 19.8 Å². The first-order chi connectivity index (χ1) is 13.5. The molecule has 2 heterocycles. The molecule has 8 heteroatoms. The molecule has 0 radical (unpaired) electrons. The summed E-state index contributed by atoms with van der Waals surface area (Å²) in [7, 11) is 0. The normalized spacial score (nSPS) is 12.0. The van der Waals surface area contributed by atoms with Crippen molar-refractivity contribution in [3.63, 3.8) is 0 Å². The Morgan fingerprint density at radius 2 is 1.32 bits per heavy atom. The molecule has 3 aromatic carbocycles. The summed E-state index contributed by atoms with van der Waals surface area (Å²) in [6, 6.07) is 13.9. The highest BCUT2D eigenvalue weighted by atomic mass is 16.4. The van der Waals surface area contributed by atoms with Gasteiger partial charge in [-0.05, 0) is 36.4 Å². The molecule has 0 saturated carbocycles. The molecule has 0 amide bonds. The Labute approximate surface area is 157 Å². The number of carboxylic acid groups (broad SMARTS) is 2. The number of rotatable bonds is 2. The van der Waals surface area contributed by atoms with E-state index in [4.69, 9.17) is 0 Å². The largest absolute Gasteiger partial charge is 0.478 e. The minimum absolute atomic E-state index is 0.202. The Bertz CT molecular complexity index is 1330. The lowest BCUT2D eigenvalue weighted by atomic mass is 10.0. The van der Waals surface area contributed by atoms with E-state index < -0.39 is 11.9 Å². The van der Waals surface area contributed by atoms with Crippen LogP contribution in [0.4, 0.5) is 22.7 Å². The van der Waals surface area contributed by atoms with Crippen LogP contribution in [-0.4, -0.2) is 32.1 Å². The quantitative estimate of drug-likeness (QED) is 0.343. The van der Waals surface area contributed by atoms with Crippen LogP contribution < -0.4 is 10.6 Å². The summed E-state index contributed by atoms with van der Waals surface area (Å²) >= 11 is 0. The van der Waals surface area contributed by atoms with Gasteiger partial charge in [-0.1, -0.05) is 12.1 Å². The number of benzene rings is 3. The zero-order chi connectivity index (χ0) is 19.4. The molecule has 5 rings (SSSR count). The van der Waals surface area contributed by atoms with Crippen molar-refractivity contribution in [3.05, 3.63) is 59.7 Å². The number of aromatic nitrogens is 2. The number of carbonyl (C=O) groups is 2. The van der Waals surface area contributed by atoms with Crippen molar-refractivity contribution in [1.29, 1.82) is 0 Å². The van der Waals surface area contributed by atoms with E-state index in [1.165, 1.54) is 12.1 Å². The van der Waals surface area contributed by atoms with Gasteiger partial charge >= 0.3 is 11.9 Å². The summed E-state index contributed by atoms with van der Waals surface area (Å²) in [4.78, 5) is 32.4. The summed E-state index contributed by atoms with van der Waals surface area (Å²) in [5.41, 5.74) is 4.24. The van der Waals surface area contributed by atoms with Gasteiger partial charge in [-0.2, -0.15) is 0 Å². The van der Waals surface area contributed by atoms with Gasteiger partial charge in [-0.25, -0.2) is 19.6 Å². The predicted molar refractivity (Wildman–Crippen MR) is 104 cm³/mol. The van der Waals surface area contributed by atoms with Crippen LogP contribution in [0, 0.1) is 0 Å². The zero-order valence-corrected chi connectivity index (χ0v) is 14.2. The van der Waals surface area contributed by atoms with Gasteiger partial charge < -0.3 is 20.8 Å². The molecular formula is C20H12N4O4. The minimum atomic E-state index is -1.32. The second kappa shape index (κ2) is 5.65. The third-order valence-electron chi connectivity index (χ3n) is 4.66. The Morgan fingerprint density at radius 3 is 1.89 bits per heavy atom. The molecule has 0 fully saturated rings. The molecule has 1 aliphatic heterocycles. The van der Waals surface area contributed by atoms with E-state index in [1.807, 2.05) is 30.3 Å². The lowest BCUT2D eigenvalue weighted by Crippen LogP contribution is -2.15. The standard InChI is InChI=1S/C20H12N4O4/c25-19(26)9-5-6-12-18(17(9)20(27)28)24-16-8-14-13(7-15(16)23-12)21-10-3-1-2-4-11(10)22-14/h1-8,23-24H,(H,25,26)(H,27,28). The number of para-hydroxylation sites is 2. The Morgan fingerprint density at radius 1 is 0.714 bits per heavy atom. The monoisotopic (exact) mass is 372 g/mol. The molecule has 4 aromatic rings. The van der Waals surface area contributed by atoms with Gasteiger partial charge in [-0.3, -0.25) is 0 Å². The van der Waals surface area contributed by atoms with Crippen LogP contribution in [-0.2, 0) is 0 Å². The molecular weight excluding hydrogens is 360 g/mol. The van der Waals surface area contributed by atoms with Crippen molar-refractivity contribution in [2.24, 2.45) is 0 Å². The number of hydrogen-bond donors (Lipinski definition) is 4. The molecule has 4 N–H and O–H groups in total. The summed E-state index contributed by atoms with van der Waals surface area (Å²) in [5.74, 6) is -2.62. The van der Waals surface area contributed by atoms with E-state index in [-0.39, 0.29) is 16.8 Å². The molecule has 0 unspecified atom stereocenters. The second-order valence-electron chi connectivity index (χ2n) is 6.37. The van der Waals surface area contributed by atoms with Crippen LogP contribution in [0.5, 0.6) is 0 Å². The van der Waals surface area contributed by atoms with Gasteiger partial charge in [0.1, 0.15) is 0 Å². The second-order valence-corrected chi connectivity index (χ2v) is 6.37. The van der Waals surface area contributed by atoms with E-state index in [1.54, 1.807) is 6.07 Å². The van der Waals surface area contributed by atoms with E-state index in [9.17, 15) is 19.8 Å². The van der Waals surface area contributed by atoms with Crippen LogP contribution in [0.2, 0.25) is 0 Å². The zero-order valence-electron chi connectivity index (χ0n) is 14.2. The van der Waals surface area contributed by atoms with Gasteiger partial charge in [-0.15, -0.1) is 0 Å². The molecule has 0 aliphatic carbocycles. The maximum absolute atomic E-state index is 11.7. The summed E-state index contributed by atoms with van der Waals surface area (Å²) in [6.07, 6.45) is 0. The molecule has 136 valence electrons. The maximum atomic E-state index is 11.7. The van der Waals surface area contributed by atoms with E-state index >= 15 is 0 Å². The fourth-order valence-corrected chi connectivity index (χ4v) is 3.39. The third-order valence-corrected chi connectivity index (χ3v) is 4.66. The topological polar surface area (TPSA) is 124 Å². The first kappa shape index (κ1) is 16.0. The van der Waals surface area contributed by atoms with Crippen molar-refractivity contribution in [2.45, 2.75) is 0 Å². The Hall–Kier alpha value is -4.20. The Balaban J connectivity index is 1.71. The average molecular weight is 372 g/mol. The van der Waals surface area contributed by atoms with Crippen molar-refractivity contribution in [3.8, 4) is 0 Å². The number of hydrogen-bond acceptors (Lipinski definition) is 6. The first-order valence-corrected chi connectivity index (χ1v) is 8.39. The van der Waals surface area contributed by atoms with Gasteiger partial charge in [0.2, 0.25) is 0 Å². The SMILES string of the molecule is O=C(O)c1ccc2c(c1C(=O)O)Nc1cc3nc4ccccc4nc3cc1N2. The fraction of sp³-hybridized carbons (Fsp3) is 0. The summed E-state index contributed by atoms with van der Waals surface area (Å²) < 4.78 is 0. The first-order valence-electron chi connectivity index (χ1n) is 8.39. The Kier molecular flexibility index (Phi) is 3.23. The maximum Gasteiger partial charge on any atom is 0.338 e. The highest BCUT2D eigenvalue weighted by molar-refractivity contribution is 6.11. The van der Waals surface area contributed by atoms with E-state index in [0.717, 1.165) is 11.0 Å². The fourth-order valence-electron chi connectivity index (χ4n) is 3.39. The number of nitrogens with zero attached hydrogens (tertiary/aromatic N) is 2. The van der Waals surface area contributed by atoms with Crippen molar-refractivity contribution >= 4 is 56.8 Å². The van der Waals surface area contributed by atoms with Gasteiger partial charge in [0.25, 0.3) is 0 Å². The van der Waals surface area contributed by atoms with E-state index in [0.29, 0.717) is 28.1 Å². The van der Waals surface area contributed by atoms with Crippen LogP contribution >= 0.6 is 0 Å².